The van der Waals surface area contributed by atoms with E-state index in [9.17, 15) is 5.11 Å². The zero-order valence-corrected chi connectivity index (χ0v) is 23.2. The average molecular weight is 457 g/mol. The number of hydrogen-bond donors (Lipinski definition) is 1. The number of benzene rings is 1. The fraction of sp³-hybridized carbons (Fsp3) is 0.724. The zero-order valence-electron chi connectivity index (χ0n) is 22.2. The SMILES string of the molecule is C=CC[C@@]1(O)C[C@@H]2C(C)(C)CCC[C@@]2(C)c2cc(O[Si](C(C)C)(C(C)C)C(C)C)ccc21. The first-order valence-electron chi connectivity index (χ1n) is 12.9. The fourth-order valence-corrected chi connectivity index (χ4v) is 13.1. The van der Waals surface area contributed by atoms with E-state index >= 15 is 0 Å². The van der Waals surface area contributed by atoms with Gasteiger partial charge in [0.05, 0.1) is 5.60 Å². The third-order valence-corrected chi connectivity index (χ3v) is 15.4. The second-order valence-corrected chi connectivity index (χ2v) is 18.0. The van der Waals surface area contributed by atoms with Gasteiger partial charge in [-0.2, -0.15) is 0 Å². The predicted molar refractivity (Wildman–Crippen MR) is 140 cm³/mol. The molecule has 2 aliphatic rings. The van der Waals surface area contributed by atoms with Crippen LogP contribution >= 0.6 is 0 Å². The van der Waals surface area contributed by atoms with Crippen molar-refractivity contribution in [3.63, 3.8) is 0 Å². The lowest BCUT2D eigenvalue weighted by Crippen LogP contribution is -2.53. The number of hydrogen-bond acceptors (Lipinski definition) is 2. The van der Waals surface area contributed by atoms with E-state index in [1.807, 2.05) is 6.08 Å². The summed E-state index contributed by atoms with van der Waals surface area (Å²) in [5.74, 6) is 1.46. The molecule has 0 aliphatic heterocycles. The van der Waals surface area contributed by atoms with E-state index < -0.39 is 13.9 Å². The largest absolute Gasteiger partial charge is 0.543 e. The third kappa shape index (κ3) is 3.92. The molecule has 180 valence electrons. The van der Waals surface area contributed by atoms with Crippen molar-refractivity contribution in [1.29, 1.82) is 0 Å². The van der Waals surface area contributed by atoms with Gasteiger partial charge in [-0.15, -0.1) is 6.58 Å². The Morgan fingerprint density at radius 2 is 1.62 bits per heavy atom. The van der Waals surface area contributed by atoms with Gasteiger partial charge in [0.1, 0.15) is 5.75 Å². The number of aliphatic hydroxyl groups is 1. The Morgan fingerprint density at radius 1 is 1.03 bits per heavy atom. The van der Waals surface area contributed by atoms with Crippen LogP contribution in [0.1, 0.15) is 106 Å². The Hall–Kier alpha value is -1.06. The Morgan fingerprint density at radius 3 is 2.16 bits per heavy atom. The number of fused-ring (bicyclic) bond motifs is 3. The van der Waals surface area contributed by atoms with Gasteiger partial charge in [0.25, 0.3) is 8.32 Å². The van der Waals surface area contributed by atoms with E-state index in [1.165, 1.54) is 24.8 Å². The van der Waals surface area contributed by atoms with Crippen LogP contribution in [0.15, 0.2) is 30.9 Å². The van der Waals surface area contributed by atoms with Crippen LogP contribution in [-0.2, 0) is 11.0 Å². The normalized spacial score (nSPS) is 29.7. The summed E-state index contributed by atoms with van der Waals surface area (Å²) in [6, 6.07) is 6.64. The molecule has 0 amide bonds. The molecule has 0 bridgehead atoms. The molecule has 2 aliphatic carbocycles. The van der Waals surface area contributed by atoms with Crippen LogP contribution in [0.5, 0.6) is 5.75 Å². The molecule has 1 saturated carbocycles. The lowest BCUT2D eigenvalue weighted by Gasteiger charge is -2.58. The Kier molecular flexibility index (Phi) is 6.88. The molecular formula is C29H48O2Si. The molecule has 1 N–H and O–H groups in total. The second-order valence-electron chi connectivity index (χ2n) is 12.7. The third-order valence-electron chi connectivity index (χ3n) is 9.36. The van der Waals surface area contributed by atoms with Crippen molar-refractivity contribution < 1.29 is 9.53 Å². The molecule has 0 heterocycles. The number of rotatable bonds is 7. The first-order valence-corrected chi connectivity index (χ1v) is 15.1. The van der Waals surface area contributed by atoms with Crippen molar-refractivity contribution in [1.82, 2.24) is 0 Å². The second kappa shape index (κ2) is 8.62. The van der Waals surface area contributed by atoms with Gasteiger partial charge >= 0.3 is 0 Å². The summed E-state index contributed by atoms with van der Waals surface area (Å²) in [6.45, 7) is 25.3. The van der Waals surface area contributed by atoms with Crippen LogP contribution in [0.2, 0.25) is 16.6 Å². The van der Waals surface area contributed by atoms with Crippen molar-refractivity contribution in [2.75, 3.05) is 0 Å². The van der Waals surface area contributed by atoms with Gasteiger partial charge in [0.2, 0.25) is 0 Å². The molecule has 0 saturated heterocycles. The highest BCUT2D eigenvalue weighted by Crippen LogP contribution is 2.61. The smallest absolute Gasteiger partial charge is 0.258 e. The highest BCUT2D eigenvalue weighted by atomic mass is 28.4. The summed E-state index contributed by atoms with van der Waals surface area (Å²) in [5, 5.41) is 11.9. The van der Waals surface area contributed by atoms with E-state index in [-0.39, 0.29) is 10.8 Å². The molecule has 1 aromatic rings. The van der Waals surface area contributed by atoms with Gasteiger partial charge in [0.15, 0.2) is 0 Å². The van der Waals surface area contributed by atoms with Gasteiger partial charge in [-0.3, -0.25) is 0 Å². The maximum atomic E-state index is 11.9. The minimum atomic E-state index is -2.04. The van der Waals surface area contributed by atoms with Gasteiger partial charge < -0.3 is 9.53 Å². The average Bonchev–Trinajstić information content (AvgIpc) is 2.67. The highest BCUT2D eigenvalue weighted by Gasteiger charge is 2.56. The summed E-state index contributed by atoms with van der Waals surface area (Å²) < 4.78 is 7.09. The van der Waals surface area contributed by atoms with Gasteiger partial charge in [-0.25, -0.2) is 0 Å². The van der Waals surface area contributed by atoms with Crippen molar-refractivity contribution >= 4 is 8.32 Å². The monoisotopic (exact) mass is 456 g/mol. The quantitative estimate of drug-likeness (QED) is 0.329. The summed E-state index contributed by atoms with van der Waals surface area (Å²) in [4.78, 5) is 0. The fourth-order valence-electron chi connectivity index (χ4n) is 7.85. The van der Waals surface area contributed by atoms with Crippen LogP contribution < -0.4 is 4.43 Å². The van der Waals surface area contributed by atoms with Crippen molar-refractivity contribution in [2.45, 2.75) is 122 Å². The molecule has 3 atom stereocenters. The molecule has 2 nitrogen and oxygen atoms in total. The first kappa shape index (κ1) is 25.6. The van der Waals surface area contributed by atoms with Crippen molar-refractivity contribution in [3.05, 3.63) is 42.0 Å². The highest BCUT2D eigenvalue weighted by molar-refractivity contribution is 6.78. The van der Waals surface area contributed by atoms with Crippen molar-refractivity contribution in [3.8, 4) is 5.75 Å². The molecule has 0 radical (unpaired) electrons. The lowest BCUT2D eigenvalue weighted by molar-refractivity contribution is -0.0662. The predicted octanol–water partition coefficient (Wildman–Crippen LogP) is 8.49. The molecule has 0 spiro atoms. The summed E-state index contributed by atoms with van der Waals surface area (Å²) in [6.07, 6.45) is 6.97. The molecular weight excluding hydrogens is 408 g/mol. The van der Waals surface area contributed by atoms with E-state index in [4.69, 9.17) is 4.43 Å². The standard InChI is InChI=1S/C29H48O2Si/c1-11-15-29(30)19-26-27(8,9)16-12-17-28(26,10)25-18-23(13-14-24(25)29)31-32(20(2)3,21(4)5)22(6)7/h11,13-14,18,20-22,26,30H,1,12,15-17,19H2,2-10H3/t26-,28+,29-/m1/s1. The van der Waals surface area contributed by atoms with Crippen LogP contribution in [0.3, 0.4) is 0 Å². The van der Waals surface area contributed by atoms with E-state index in [1.54, 1.807) is 0 Å². The van der Waals surface area contributed by atoms with Gasteiger partial charge in [0, 0.05) is 0 Å². The van der Waals surface area contributed by atoms with Gasteiger partial charge in [-0.05, 0) is 82.3 Å². The molecule has 32 heavy (non-hydrogen) atoms. The van der Waals surface area contributed by atoms with Crippen LogP contribution in [0.4, 0.5) is 0 Å². The van der Waals surface area contributed by atoms with Gasteiger partial charge in [-0.1, -0.05) is 80.9 Å². The maximum absolute atomic E-state index is 11.9. The van der Waals surface area contributed by atoms with Crippen LogP contribution in [0, 0.1) is 11.3 Å². The molecule has 1 fully saturated rings. The van der Waals surface area contributed by atoms with E-state index in [0.29, 0.717) is 29.0 Å². The van der Waals surface area contributed by atoms with Crippen molar-refractivity contribution in [2.24, 2.45) is 11.3 Å². The Balaban J connectivity index is 2.18. The first-order chi connectivity index (χ1) is 14.7. The van der Waals surface area contributed by atoms with E-state index in [2.05, 4.69) is 87.1 Å². The van der Waals surface area contributed by atoms with Crippen LogP contribution in [0.25, 0.3) is 0 Å². The molecule has 3 rings (SSSR count). The Bertz CT molecular complexity index is 818. The van der Waals surface area contributed by atoms with E-state index in [0.717, 1.165) is 17.7 Å². The molecule has 1 aromatic carbocycles. The summed E-state index contributed by atoms with van der Waals surface area (Å²) >= 11 is 0. The topological polar surface area (TPSA) is 29.5 Å². The summed E-state index contributed by atoms with van der Waals surface area (Å²) in [5.41, 5.74) is 3.48. The maximum Gasteiger partial charge on any atom is 0.258 e. The minimum absolute atomic E-state index is 0.0710. The lowest BCUT2D eigenvalue weighted by atomic mass is 9.48. The molecule has 3 heteroatoms. The minimum Gasteiger partial charge on any atom is -0.543 e. The van der Waals surface area contributed by atoms with Crippen LogP contribution in [-0.4, -0.2) is 13.4 Å². The Labute approximate surface area is 199 Å². The summed E-state index contributed by atoms with van der Waals surface area (Å²) in [7, 11) is -2.04. The molecule has 0 unspecified atom stereocenters. The zero-order chi connectivity index (χ0) is 24.1. The molecule has 0 aromatic heterocycles.